The molecule has 3 aromatic carbocycles. The molecule has 9 heteroatoms. The Morgan fingerprint density at radius 1 is 1.00 bits per heavy atom. The van der Waals surface area contributed by atoms with E-state index in [-0.39, 0.29) is 12.5 Å². The van der Waals surface area contributed by atoms with Gasteiger partial charge in [0.25, 0.3) is 5.91 Å². The van der Waals surface area contributed by atoms with E-state index in [1.807, 2.05) is 43.3 Å². The summed E-state index contributed by atoms with van der Waals surface area (Å²) in [5.41, 5.74) is 2.36. The monoisotopic (exact) mass is 545 g/mol. The second-order valence-electron chi connectivity index (χ2n) is 7.49. The molecule has 35 heavy (non-hydrogen) atoms. The molecule has 180 valence electrons. The molecule has 0 aliphatic carbocycles. The van der Waals surface area contributed by atoms with Gasteiger partial charge in [-0.2, -0.15) is 0 Å². The molecule has 1 saturated heterocycles. The fourth-order valence-electron chi connectivity index (χ4n) is 3.39. The van der Waals surface area contributed by atoms with E-state index in [0.717, 1.165) is 11.3 Å². The Kier molecular flexibility index (Phi) is 8.23. The standard InChI is InChI=1S/C26H21Cl2NO4S2/c1-16-12-19(8-9-20(16)27)32-10-11-33-24-21(28)13-17(14-22(24)31-2)15-23-25(30)29(26(34)35-23)18-6-4-3-5-7-18/h3-9,12-15H,10-11H2,1-2H3/b23-15-. The Morgan fingerprint density at radius 2 is 1.74 bits per heavy atom. The van der Waals surface area contributed by atoms with Gasteiger partial charge in [-0.1, -0.05) is 65.4 Å². The van der Waals surface area contributed by atoms with Crippen LogP contribution in [0.1, 0.15) is 11.1 Å². The minimum atomic E-state index is -0.184. The van der Waals surface area contributed by atoms with Crippen molar-refractivity contribution < 1.29 is 19.0 Å². The van der Waals surface area contributed by atoms with Crippen molar-refractivity contribution in [3.63, 3.8) is 0 Å². The van der Waals surface area contributed by atoms with Gasteiger partial charge in [-0.15, -0.1) is 0 Å². The number of carbonyl (C=O) groups excluding carboxylic acids is 1. The van der Waals surface area contributed by atoms with Gasteiger partial charge in [0.2, 0.25) is 0 Å². The molecule has 1 fully saturated rings. The number of methoxy groups -OCH3 is 1. The fourth-order valence-corrected chi connectivity index (χ4v) is 5.08. The van der Waals surface area contributed by atoms with E-state index in [0.29, 0.717) is 48.7 Å². The summed E-state index contributed by atoms with van der Waals surface area (Å²) in [5, 5.41) is 1.05. The summed E-state index contributed by atoms with van der Waals surface area (Å²) in [6.45, 7) is 2.48. The van der Waals surface area contributed by atoms with Crippen LogP contribution in [-0.2, 0) is 4.79 Å². The van der Waals surface area contributed by atoms with Crippen molar-refractivity contribution in [2.75, 3.05) is 25.2 Å². The van der Waals surface area contributed by atoms with E-state index in [1.54, 1.807) is 30.3 Å². The number of para-hydroxylation sites is 1. The van der Waals surface area contributed by atoms with E-state index in [4.69, 9.17) is 49.6 Å². The van der Waals surface area contributed by atoms with Crippen LogP contribution < -0.4 is 19.1 Å². The average Bonchev–Trinajstić information content (AvgIpc) is 3.12. The maximum Gasteiger partial charge on any atom is 0.270 e. The average molecular weight is 546 g/mol. The highest BCUT2D eigenvalue weighted by Gasteiger charge is 2.33. The van der Waals surface area contributed by atoms with Crippen LogP contribution in [0.15, 0.2) is 65.6 Å². The van der Waals surface area contributed by atoms with Crippen LogP contribution in [0.3, 0.4) is 0 Å². The summed E-state index contributed by atoms with van der Waals surface area (Å²) in [5.74, 6) is 1.37. The molecular weight excluding hydrogens is 525 g/mol. The molecule has 1 amide bonds. The van der Waals surface area contributed by atoms with Gasteiger partial charge in [-0.05, 0) is 66.6 Å². The summed E-state index contributed by atoms with van der Waals surface area (Å²) in [4.78, 5) is 15.0. The zero-order valence-corrected chi connectivity index (χ0v) is 22.1. The van der Waals surface area contributed by atoms with Gasteiger partial charge in [-0.3, -0.25) is 9.69 Å². The Hall–Kier alpha value is -2.71. The van der Waals surface area contributed by atoms with Gasteiger partial charge in [-0.25, -0.2) is 0 Å². The van der Waals surface area contributed by atoms with Crippen LogP contribution in [0.4, 0.5) is 5.69 Å². The van der Waals surface area contributed by atoms with Gasteiger partial charge in [0, 0.05) is 5.02 Å². The van der Waals surface area contributed by atoms with Crippen molar-refractivity contribution in [3.05, 3.63) is 86.7 Å². The molecule has 3 aromatic rings. The van der Waals surface area contributed by atoms with Gasteiger partial charge < -0.3 is 14.2 Å². The number of hydrogen-bond acceptors (Lipinski definition) is 6. The van der Waals surface area contributed by atoms with Crippen LogP contribution >= 0.6 is 47.2 Å². The third-order valence-electron chi connectivity index (χ3n) is 5.09. The summed E-state index contributed by atoms with van der Waals surface area (Å²) in [7, 11) is 1.53. The van der Waals surface area contributed by atoms with Gasteiger partial charge in [0.15, 0.2) is 15.8 Å². The van der Waals surface area contributed by atoms with E-state index < -0.39 is 0 Å². The lowest BCUT2D eigenvalue weighted by atomic mass is 10.1. The lowest BCUT2D eigenvalue weighted by molar-refractivity contribution is -0.113. The highest BCUT2D eigenvalue weighted by Crippen LogP contribution is 2.40. The molecule has 1 aliphatic rings. The molecular formula is C26H21Cl2NO4S2. The normalized spacial score (nSPS) is 14.5. The third kappa shape index (κ3) is 5.93. The molecule has 0 bridgehead atoms. The third-order valence-corrected chi connectivity index (χ3v) is 7.09. The zero-order chi connectivity index (χ0) is 24.9. The van der Waals surface area contributed by atoms with E-state index in [1.165, 1.54) is 23.8 Å². The number of thiocarbonyl (C=S) groups is 1. The molecule has 0 saturated carbocycles. The summed E-state index contributed by atoms with van der Waals surface area (Å²) in [6, 6.07) is 18.2. The lowest BCUT2D eigenvalue weighted by Gasteiger charge is -2.14. The summed E-state index contributed by atoms with van der Waals surface area (Å²) >= 11 is 19.2. The van der Waals surface area contributed by atoms with Crippen molar-refractivity contribution in [1.82, 2.24) is 0 Å². The van der Waals surface area contributed by atoms with Crippen molar-refractivity contribution in [2.24, 2.45) is 0 Å². The molecule has 0 spiro atoms. The maximum absolute atomic E-state index is 13.0. The molecule has 1 aliphatic heterocycles. The highest BCUT2D eigenvalue weighted by molar-refractivity contribution is 8.27. The highest BCUT2D eigenvalue weighted by atomic mass is 35.5. The molecule has 0 atom stereocenters. The molecule has 0 aromatic heterocycles. The van der Waals surface area contributed by atoms with Crippen molar-refractivity contribution in [1.29, 1.82) is 0 Å². The molecule has 0 radical (unpaired) electrons. The second-order valence-corrected chi connectivity index (χ2v) is 9.98. The van der Waals surface area contributed by atoms with Crippen LogP contribution in [-0.4, -0.2) is 30.6 Å². The number of ether oxygens (including phenoxy) is 3. The predicted molar refractivity (Wildman–Crippen MR) is 147 cm³/mol. The van der Waals surface area contributed by atoms with Gasteiger partial charge in [0.1, 0.15) is 19.0 Å². The van der Waals surface area contributed by atoms with E-state index >= 15 is 0 Å². The minimum absolute atomic E-state index is 0.184. The number of amides is 1. The van der Waals surface area contributed by atoms with Crippen molar-refractivity contribution in [3.8, 4) is 17.2 Å². The van der Waals surface area contributed by atoms with Crippen LogP contribution in [0.2, 0.25) is 10.0 Å². The quantitative estimate of drug-likeness (QED) is 0.170. The van der Waals surface area contributed by atoms with Gasteiger partial charge >= 0.3 is 0 Å². The number of carbonyl (C=O) groups is 1. The molecule has 1 heterocycles. The first-order valence-electron chi connectivity index (χ1n) is 10.6. The minimum Gasteiger partial charge on any atom is -0.493 e. The number of aryl methyl sites for hydroxylation is 1. The Bertz CT molecular complexity index is 1300. The van der Waals surface area contributed by atoms with Crippen LogP contribution in [0.25, 0.3) is 6.08 Å². The second kappa shape index (κ2) is 11.4. The maximum atomic E-state index is 13.0. The number of anilines is 1. The fraction of sp³-hybridized carbons (Fsp3) is 0.154. The number of nitrogens with zero attached hydrogens (tertiary/aromatic N) is 1. The number of hydrogen-bond donors (Lipinski definition) is 0. The Morgan fingerprint density at radius 3 is 2.46 bits per heavy atom. The Balaban J connectivity index is 1.45. The first kappa shape index (κ1) is 25.4. The number of halogens is 2. The van der Waals surface area contributed by atoms with Crippen molar-refractivity contribution in [2.45, 2.75) is 6.92 Å². The molecule has 5 nitrogen and oxygen atoms in total. The number of thioether (sulfide) groups is 1. The molecule has 4 rings (SSSR count). The van der Waals surface area contributed by atoms with Crippen molar-refractivity contribution >= 4 is 69.2 Å². The topological polar surface area (TPSA) is 48.0 Å². The first-order chi connectivity index (χ1) is 16.9. The number of benzene rings is 3. The first-order valence-corrected chi connectivity index (χ1v) is 12.6. The number of rotatable bonds is 8. The van der Waals surface area contributed by atoms with Crippen LogP contribution in [0.5, 0.6) is 17.2 Å². The molecule has 0 unspecified atom stereocenters. The summed E-state index contributed by atoms with van der Waals surface area (Å²) in [6.07, 6.45) is 1.74. The van der Waals surface area contributed by atoms with E-state index in [9.17, 15) is 4.79 Å². The Labute approximate surface area is 223 Å². The van der Waals surface area contributed by atoms with Gasteiger partial charge in [0.05, 0.1) is 22.7 Å². The SMILES string of the molecule is COc1cc(/C=C2\SC(=S)N(c3ccccc3)C2=O)cc(Cl)c1OCCOc1ccc(Cl)c(C)c1. The van der Waals surface area contributed by atoms with Crippen LogP contribution in [0, 0.1) is 6.92 Å². The predicted octanol–water partition coefficient (Wildman–Crippen LogP) is 7.17. The molecule has 0 N–H and O–H groups in total. The zero-order valence-electron chi connectivity index (χ0n) is 18.9. The van der Waals surface area contributed by atoms with E-state index in [2.05, 4.69) is 0 Å². The smallest absolute Gasteiger partial charge is 0.270 e. The largest absolute Gasteiger partial charge is 0.493 e. The summed E-state index contributed by atoms with van der Waals surface area (Å²) < 4.78 is 17.5. The lowest BCUT2D eigenvalue weighted by Crippen LogP contribution is -2.27.